The van der Waals surface area contributed by atoms with Crippen LogP contribution in [0.4, 0.5) is 0 Å². The molecule has 3 N–H and O–H groups in total. The van der Waals surface area contributed by atoms with Gasteiger partial charge in [-0.2, -0.15) is 5.90 Å². The highest BCUT2D eigenvalue weighted by molar-refractivity contribution is 5.85. The lowest BCUT2D eigenvalue weighted by atomic mass is 10.4. The van der Waals surface area contributed by atoms with Crippen LogP contribution >= 0.6 is 0 Å². The average Bonchev–Trinajstić information content (AvgIpc) is 2.37. The van der Waals surface area contributed by atoms with Gasteiger partial charge in [-0.15, -0.1) is 0 Å². The van der Waals surface area contributed by atoms with Crippen molar-refractivity contribution in [2.24, 2.45) is 5.90 Å². The fourth-order valence-electron chi connectivity index (χ4n) is 1.37. The molecule has 0 atom stereocenters. The Bertz CT molecular complexity index is 414. The molecule has 21 heavy (non-hydrogen) atoms. The zero-order valence-electron chi connectivity index (χ0n) is 12.2. The second-order valence-electron chi connectivity index (χ2n) is 4.56. The number of hydrogen-bond donors (Lipinski definition) is 2. The van der Waals surface area contributed by atoms with E-state index in [1.54, 1.807) is 0 Å². The van der Waals surface area contributed by atoms with E-state index in [4.69, 9.17) is 5.11 Å². The first-order valence-corrected chi connectivity index (χ1v) is 5.95. The van der Waals surface area contributed by atoms with Gasteiger partial charge in [-0.3, -0.25) is 19.3 Å². The van der Waals surface area contributed by atoms with Crippen molar-refractivity contribution in [1.29, 1.82) is 0 Å². The summed E-state index contributed by atoms with van der Waals surface area (Å²) in [6.45, 7) is -0.940. The number of hydrogen-bond acceptors (Lipinski definition) is 7. The second kappa shape index (κ2) is 8.87. The van der Waals surface area contributed by atoms with E-state index < -0.39 is 30.3 Å². The number of nitrogens with two attached hydrogens (primary N) is 1. The van der Waals surface area contributed by atoms with Gasteiger partial charge in [0.1, 0.15) is 13.1 Å². The van der Waals surface area contributed by atoms with Crippen molar-refractivity contribution in [3.8, 4) is 0 Å². The van der Waals surface area contributed by atoms with Crippen LogP contribution in [0.1, 0.15) is 0 Å². The summed E-state index contributed by atoms with van der Waals surface area (Å²) >= 11 is 0. The minimum absolute atomic E-state index is 0.110. The molecule has 0 aliphatic heterocycles. The first-order chi connectivity index (χ1) is 9.67. The van der Waals surface area contributed by atoms with Crippen LogP contribution < -0.4 is 5.90 Å². The van der Waals surface area contributed by atoms with E-state index in [1.807, 2.05) is 0 Å². The molecule has 0 heterocycles. The van der Waals surface area contributed by atoms with Crippen LogP contribution in [0.3, 0.4) is 0 Å². The van der Waals surface area contributed by atoms with Crippen LogP contribution in [0.5, 0.6) is 0 Å². The molecule has 0 rings (SSSR count). The van der Waals surface area contributed by atoms with Crippen LogP contribution in [-0.4, -0.2) is 90.9 Å². The number of amides is 2. The Labute approximate surface area is 122 Å². The highest BCUT2D eigenvalue weighted by Gasteiger charge is 2.19. The van der Waals surface area contributed by atoms with Crippen LogP contribution in [0, 0.1) is 0 Å². The lowest BCUT2D eigenvalue weighted by Gasteiger charge is -2.22. The number of aliphatic carboxylic acids is 1. The van der Waals surface area contributed by atoms with Crippen LogP contribution in [0.15, 0.2) is 0 Å². The monoisotopic (exact) mass is 304 g/mol. The molecule has 0 fully saturated rings. The third-order valence-corrected chi connectivity index (χ3v) is 2.53. The summed E-state index contributed by atoms with van der Waals surface area (Å²) < 4.78 is 0. The molecule has 0 aromatic carbocycles. The first-order valence-electron chi connectivity index (χ1n) is 5.95. The van der Waals surface area contributed by atoms with Gasteiger partial charge in [-0.1, -0.05) is 0 Å². The number of likely N-dealkylation sites (N-methyl/N-ethyl adjacent to an activating group) is 3. The van der Waals surface area contributed by atoms with E-state index in [1.165, 1.54) is 26.0 Å². The SMILES string of the molecule is CN(CC(=O)N(C)CC(=O)O)CC(=O)N(C)CC(=O)ON. The number of carboxylic acids is 1. The maximum absolute atomic E-state index is 11.8. The molecule has 0 aliphatic rings. The zero-order valence-corrected chi connectivity index (χ0v) is 12.2. The third-order valence-electron chi connectivity index (χ3n) is 2.53. The van der Waals surface area contributed by atoms with Gasteiger partial charge in [-0.05, 0) is 7.05 Å². The molecule has 0 unspecified atom stereocenters. The van der Waals surface area contributed by atoms with Crippen molar-refractivity contribution in [3.05, 3.63) is 0 Å². The summed E-state index contributed by atoms with van der Waals surface area (Å²) in [6, 6.07) is 0. The van der Waals surface area contributed by atoms with Crippen LogP contribution in [0.25, 0.3) is 0 Å². The fourth-order valence-corrected chi connectivity index (χ4v) is 1.37. The number of nitrogens with zero attached hydrogens (tertiary/aromatic N) is 3. The van der Waals surface area contributed by atoms with Gasteiger partial charge in [-0.25, -0.2) is 4.79 Å². The van der Waals surface area contributed by atoms with Crippen molar-refractivity contribution >= 4 is 23.8 Å². The minimum atomic E-state index is -1.12. The molecule has 2 amide bonds. The molecule has 10 nitrogen and oxygen atoms in total. The summed E-state index contributed by atoms with van der Waals surface area (Å²) in [5, 5.41) is 8.57. The van der Waals surface area contributed by atoms with Gasteiger partial charge in [0.25, 0.3) is 0 Å². The van der Waals surface area contributed by atoms with Crippen molar-refractivity contribution < 1.29 is 29.1 Å². The lowest BCUT2D eigenvalue weighted by Crippen LogP contribution is -2.44. The Morgan fingerprint density at radius 3 is 1.71 bits per heavy atom. The highest BCUT2D eigenvalue weighted by Crippen LogP contribution is 1.93. The summed E-state index contributed by atoms with van der Waals surface area (Å²) in [5.41, 5.74) is 0. The summed E-state index contributed by atoms with van der Waals surface area (Å²) in [4.78, 5) is 52.3. The topological polar surface area (TPSA) is 133 Å². The highest BCUT2D eigenvalue weighted by atomic mass is 16.7. The number of rotatable bonds is 8. The van der Waals surface area contributed by atoms with E-state index in [-0.39, 0.29) is 19.6 Å². The third kappa shape index (κ3) is 7.84. The summed E-state index contributed by atoms with van der Waals surface area (Å²) in [5.74, 6) is 1.95. The molecule has 0 bridgehead atoms. The quantitative estimate of drug-likeness (QED) is 0.464. The van der Waals surface area contributed by atoms with E-state index in [2.05, 4.69) is 10.7 Å². The first kappa shape index (κ1) is 18.8. The van der Waals surface area contributed by atoms with Gasteiger partial charge >= 0.3 is 11.9 Å². The Morgan fingerprint density at radius 2 is 1.33 bits per heavy atom. The molecular weight excluding hydrogens is 284 g/mol. The maximum Gasteiger partial charge on any atom is 0.344 e. The lowest BCUT2D eigenvalue weighted by molar-refractivity contribution is -0.149. The number of carbonyl (C=O) groups excluding carboxylic acids is 3. The Morgan fingerprint density at radius 1 is 0.905 bits per heavy atom. The van der Waals surface area contributed by atoms with Gasteiger partial charge in [0.15, 0.2) is 0 Å². The predicted octanol–water partition coefficient (Wildman–Crippen LogP) is -2.66. The summed E-state index contributed by atoms with van der Waals surface area (Å²) in [6.07, 6.45) is 0. The van der Waals surface area contributed by atoms with E-state index in [0.717, 1.165) is 9.80 Å². The van der Waals surface area contributed by atoms with Crippen molar-refractivity contribution in [2.45, 2.75) is 0 Å². The second-order valence-corrected chi connectivity index (χ2v) is 4.56. The van der Waals surface area contributed by atoms with Crippen molar-refractivity contribution in [1.82, 2.24) is 14.7 Å². The predicted molar refractivity (Wildman–Crippen MR) is 70.7 cm³/mol. The molecule has 0 aromatic rings. The Balaban J connectivity index is 4.27. The Hall–Kier alpha value is -2.20. The fraction of sp³-hybridized carbons (Fsp3) is 0.636. The molecule has 0 saturated carbocycles. The molecule has 0 radical (unpaired) electrons. The van der Waals surface area contributed by atoms with Crippen molar-refractivity contribution in [2.75, 3.05) is 47.3 Å². The molecule has 0 aromatic heterocycles. The minimum Gasteiger partial charge on any atom is -0.480 e. The zero-order chi connectivity index (χ0) is 16.6. The molecule has 0 saturated heterocycles. The van der Waals surface area contributed by atoms with E-state index in [0.29, 0.717) is 0 Å². The molecule has 0 spiro atoms. The smallest absolute Gasteiger partial charge is 0.344 e. The molecular formula is C11H20N4O6. The van der Waals surface area contributed by atoms with Gasteiger partial charge < -0.3 is 19.7 Å². The standard InChI is InChI=1S/C11H20N4O6/c1-13(4-8(16)14(2)6-10(18)19)5-9(17)15(3)7-11(20)21-12/h4-7,12H2,1-3H3,(H,18,19). The maximum atomic E-state index is 11.8. The molecule has 10 heteroatoms. The largest absolute Gasteiger partial charge is 0.480 e. The Kier molecular flexibility index (Phi) is 7.94. The number of carbonyl (C=O) groups is 4. The van der Waals surface area contributed by atoms with E-state index in [9.17, 15) is 19.2 Å². The van der Waals surface area contributed by atoms with Crippen molar-refractivity contribution in [3.63, 3.8) is 0 Å². The van der Waals surface area contributed by atoms with Crippen LogP contribution in [-0.2, 0) is 24.0 Å². The van der Waals surface area contributed by atoms with Gasteiger partial charge in [0, 0.05) is 14.1 Å². The van der Waals surface area contributed by atoms with Gasteiger partial charge in [0.2, 0.25) is 11.8 Å². The van der Waals surface area contributed by atoms with E-state index >= 15 is 0 Å². The average molecular weight is 304 g/mol. The van der Waals surface area contributed by atoms with Crippen LogP contribution in [0.2, 0.25) is 0 Å². The number of carboxylic acid groups (broad SMARTS) is 1. The molecule has 120 valence electrons. The summed E-state index contributed by atoms with van der Waals surface area (Å²) in [7, 11) is 4.28. The van der Waals surface area contributed by atoms with Gasteiger partial charge in [0.05, 0.1) is 13.1 Å². The normalized spacial score (nSPS) is 10.1. The molecule has 0 aliphatic carbocycles.